The first-order valence-electron chi connectivity index (χ1n) is 7.07. The molecule has 0 bridgehead atoms. The van der Waals surface area contributed by atoms with Gasteiger partial charge in [0.15, 0.2) is 0 Å². The third kappa shape index (κ3) is 3.19. The second-order valence-corrected chi connectivity index (χ2v) is 5.50. The summed E-state index contributed by atoms with van der Waals surface area (Å²) >= 11 is 0. The lowest BCUT2D eigenvalue weighted by Gasteiger charge is -2.15. The number of para-hydroxylation sites is 1. The smallest absolute Gasteiger partial charge is 0.341 e. The first-order chi connectivity index (χ1) is 10.4. The predicted molar refractivity (Wildman–Crippen MR) is 84.4 cm³/mol. The van der Waals surface area contributed by atoms with Crippen LogP contribution in [0.4, 0.5) is 0 Å². The van der Waals surface area contributed by atoms with Crippen molar-refractivity contribution >= 4 is 5.97 Å². The molecule has 1 aromatic heterocycles. The third-order valence-electron chi connectivity index (χ3n) is 3.27. The highest BCUT2D eigenvalue weighted by Crippen LogP contribution is 2.29. The van der Waals surface area contributed by atoms with E-state index in [1.165, 1.54) is 10.6 Å². The van der Waals surface area contributed by atoms with Crippen molar-refractivity contribution in [1.82, 2.24) is 4.57 Å². The van der Waals surface area contributed by atoms with Crippen molar-refractivity contribution in [2.45, 2.75) is 13.8 Å². The molecule has 0 unspecified atom stereocenters. The van der Waals surface area contributed by atoms with E-state index in [0.717, 1.165) is 5.56 Å². The molecule has 2 rings (SSSR count). The van der Waals surface area contributed by atoms with Crippen LogP contribution in [0.5, 0.6) is 5.75 Å². The van der Waals surface area contributed by atoms with Crippen molar-refractivity contribution in [3.05, 3.63) is 52.3 Å². The van der Waals surface area contributed by atoms with Crippen molar-refractivity contribution in [3.8, 4) is 17.0 Å². The topological polar surface area (TPSA) is 68.5 Å². The molecule has 0 aliphatic carbocycles. The summed E-state index contributed by atoms with van der Waals surface area (Å²) in [6.45, 7) is 4.68. The standard InChI is InChI=1S/C17H19NO4/c1-11(2)10-22-15-7-5-4-6-12(15)14-9-8-13(17(20)21)16(19)18(14)3/h4-9,11H,10H2,1-3H3,(H,20,21). The lowest BCUT2D eigenvalue weighted by Crippen LogP contribution is -2.25. The highest BCUT2D eigenvalue weighted by molar-refractivity contribution is 5.87. The van der Waals surface area contributed by atoms with E-state index in [1.54, 1.807) is 13.1 Å². The fourth-order valence-corrected chi connectivity index (χ4v) is 2.13. The molecule has 1 N–H and O–H groups in total. The fraction of sp³-hybridized carbons (Fsp3) is 0.294. The molecule has 0 atom stereocenters. The number of hydrogen-bond donors (Lipinski definition) is 1. The lowest BCUT2D eigenvalue weighted by molar-refractivity contribution is 0.0694. The van der Waals surface area contributed by atoms with E-state index in [9.17, 15) is 9.59 Å². The third-order valence-corrected chi connectivity index (χ3v) is 3.27. The molecule has 5 nitrogen and oxygen atoms in total. The van der Waals surface area contributed by atoms with Gasteiger partial charge in [-0.15, -0.1) is 0 Å². The number of benzene rings is 1. The lowest BCUT2D eigenvalue weighted by atomic mass is 10.1. The molecule has 0 spiro atoms. The summed E-state index contributed by atoms with van der Waals surface area (Å²) in [4.78, 5) is 23.2. The van der Waals surface area contributed by atoms with Crippen LogP contribution >= 0.6 is 0 Å². The van der Waals surface area contributed by atoms with E-state index in [4.69, 9.17) is 9.84 Å². The van der Waals surface area contributed by atoms with Crippen molar-refractivity contribution in [1.29, 1.82) is 0 Å². The van der Waals surface area contributed by atoms with Gasteiger partial charge in [0.2, 0.25) is 0 Å². The molecule has 5 heteroatoms. The normalized spacial score (nSPS) is 10.7. The monoisotopic (exact) mass is 301 g/mol. The van der Waals surface area contributed by atoms with Gasteiger partial charge in [-0.25, -0.2) is 4.79 Å². The molecule has 116 valence electrons. The molecule has 2 aromatic rings. The van der Waals surface area contributed by atoms with E-state index in [-0.39, 0.29) is 5.56 Å². The zero-order valence-corrected chi connectivity index (χ0v) is 12.9. The maximum atomic E-state index is 12.1. The van der Waals surface area contributed by atoms with Gasteiger partial charge in [0.05, 0.1) is 12.3 Å². The molecule has 22 heavy (non-hydrogen) atoms. The Bertz CT molecular complexity index is 747. The molecule has 0 saturated carbocycles. The maximum Gasteiger partial charge on any atom is 0.341 e. The summed E-state index contributed by atoms with van der Waals surface area (Å²) in [5.74, 6) is -0.169. The van der Waals surface area contributed by atoms with E-state index in [0.29, 0.717) is 24.0 Å². The van der Waals surface area contributed by atoms with Crippen molar-refractivity contribution in [3.63, 3.8) is 0 Å². The molecular formula is C17H19NO4. The highest BCUT2D eigenvalue weighted by atomic mass is 16.5. The Kier molecular flexibility index (Phi) is 4.65. The van der Waals surface area contributed by atoms with E-state index < -0.39 is 11.5 Å². The Morgan fingerprint density at radius 1 is 1.23 bits per heavy atom. The zero-order chi connectivity index (χ0) is 16.3. The SMILES string of the molecule is CC(C)COc1ccccc1-c1ccc(C(=O)O)c(=O)n1C. The number of pyridine rings is 1. The van der Waals surface area contributed by atoms with Crippen LogP contribution in [-0.4, -0.2) is 22.2 Å². The van der Waals surface area contributed by atoms with Crippen molar-refractivity contribution in [2.75, 3.05) is 6.61 Å². The molecular weight excluding hydrogens is 282 g/mol. The van der Waals surface area contributed by atoms with Crippen LogP contribution in [0.25, 0.3) is 11.3 Å². The molecule has 0 fully saturated rings. The van der Waals surface area contributed by atoms with Gasteiger partial charge >= 0.3 is 5.97 Å². The number of nitrogens with zero attached hydrogens (tertiary/aromatic N) is 1. The number of ether oxygens (including phenoxy) is 1. The van der Waals surface area contributed by atoms with Gasteiger partial charge in [-0.3, -0.25) is 4.79 Å². The predicted octanol–water partition coefficient (Wildman–Crippen LogP) is 2.79. The van der Waals surface area contributed by atoms with Crippen LogP contribution in [0.2, 0.25) is 0 Å². The minimum Gasteiger partial charge on any atom is -0.493 e. The number of carbonyl (C=O) groups is 1. The van der Waals surface area contributed by atoms with Gasteiger partial charge in [0.25, 0.3) is 5.56 Å². The van der Waals surface area contributed by atoms with Gasteiger partial charge in [0.1, 0.15) is 11.3 Å². The number of carboxylic acids is 1. The second-order valence-electron chi connectivity index (χ2n) is 5.50. The van der Waals surface area contributed by atoms with Crippen LogP contribution in [0.15, 0.2) is 41.2 Å². The highest BCUT2D eigenvalue weighted by Gasteiger charge is 2.15. The number of hydrogen-bond acceptors (Lipinski definition) is 3. The molecule has 0 radical (unpaired) electrons. The summed E-state index contributed by atoms with van der Waals surface area (Å²) in [6, 6.07) is 10.4. The van der Waals surface area contributed by atoms with Crippen molar-refractivity contribution < 1.29 is 14.6 Å². The van der Waals surface area contributed by atoms with Crippen LogP contribution in [-0.2, 0) is 7.05 Å². The van der Waals surface area contributed by atoms with Gasteiger partial charge in [-0.1, -0.05) is 26.0 Å². The number of carboxylic acid groups (broad SMARTS) is 1. The maximum absolute atomic E-state index is 12.1. The Balaban J connectivity index is 2.51. The second kappa shape index (κ2) is 6.47. The minimum absolute atomic E-state index is 0.244. The van der Waals surface area contributed by atoms with Gasteiger partial charge in [-0.05, 0) is 30.2 Å². The van der Waals surface area contributed by atoms with Crippen LogP contribution in [0.3, 0.4) is 0 Å². The average Bonchev–Trinajstić information content (AvgIpc) is 2.48. The molecule has 0 amide bonds. The summed E-state index contributed by atoms with van der Waals surface area (Å²) in [6.07, 6.45) is 0. The Hall–Kier alpha value is -2.56. The molecule has 0 aliphatic rings. The van der Waals surface area contributed by atoms with Gasteiger partial charge < -0.3 is 14.4 Å². The fourth-order valence-electron chi connectivity index (χ4n) is 2.13. The zero-order valence-electron chi connectivity index (χ0n) is 12.9. The largest absolute Gasteiger partial charge is 0.493 e. The number of rotatable bonds is 5. The summed E-state index contributed by atoms with van der Waals surface area (Å²) in [7, 11) is 1.56. The van der Waals surface area contributed by atoms with Gasteiger partial charge in [-0.2, -0.15) is 0 Å². The average molecular weight is 301 g/mol. The van der Waals surface area contributed by atoms with E-state index >= 15 is 0 Å². The molecule has 0 saturated heterocycles. The molecule has 1 heterocycles. The Labute approximate surface area is 128 Å². The van der Waals surface area contributed by atoms with Crippen LogP contribution in [0, 0.1) is 5.92 Å². The van der Waals surface area contributed by atoms with Crippen molar-refractivity contribution in [2.24, 2.45) is 13.0 Å². The Morgan fingerprint density at radius 2 is 1.91 bits per heavy atom. The summed E-state index contributed by atoms with van der Waals surface area (Å²) < 4.78 is 7.13. The molecule has 1 aromatic carbocycles. The van der Waals surface area contributed by atoms with E-state index in [2.05, 4.69) is 13.8 Å². The van der Waals surface area contributed by atoms with Crippen LogP contribution in [0.1, 0.15) is 24.2 Å². The Morgan fingerprint density at radius 3 is 2.55 bits per heavy atom. The number of aromatic nitrogens is 1. The first kappa shape index (κ1) is 15.8. The molecule has 0 aliphatic heterocycles. The first-order valence-corrected chi connectivity index (χ1v) is 7.07. The summed E-state index contributed by atoms with van der Waals surface area (Å²) in [5.41, 5.74) is 0.601. The minimum atomic E-state index is -1.23. The quantitative estimate of drug-likeness (QED) is 0.922. The van der Waals surface area contributed by atoms with E-state index in [1.807, 2.05) is 24.3 Å². The number of aromatic carboxylic acids is 1. The van der Waals surface area contributed by atoms with Gasteiger partial charge in [0, 0.05) is 12.6 Å². The van der Waals surface area contributed by atoms with Crippen LogP contribution < -0.4 is 10.3 Å². The summed E-state index contributed by atoms with van der Waals surface area (Å²) in [5, 5.41) is 9.01.